The Labute approximate surface area is 337 Å². The molecule has 0 radical (unpaired) electrons. The number of amides is 3. The van der Waals surface area contributed by atoms with Gasteiger partial charge in [-0.05, 0) is 112 Å². The van der Waals surface area contributed by atoms with E-state index < -0.39 is 23.0 Å². The van der Waals surface area contributed by atoms with E-state index in [9.17, 15) is 23.6 Å². The van der Waals surface area contributed by atoms with E-state index in [4.69, 9.17) is 14.2 Å². The summed E-state index contributed by atoms with van der Waals surface area (Å²) in [6, 6.07) is 18.7. The Balaban J connectivity index is 0.908. The zero-order valence-corrected chi connectivity index (χ0v) is 33.1. The first-order valence-corrected chi connectivity index (χ1v) is 20.2. The third kappa shape index (κ3) is 9.50. The smallest absolute Gasteiger partial charge is 0.305 e. The van der Waals surface area contributed by atoms with Crippen LogP contribution in [-0.2, 0) is 23.9 Å². The first-order valence-electron chi connectivity index (χ1n) is 20.2. The number of esters is 1. The summed E-state index contributed by atoms with van der Waals surface area (Å²) in [5.41, 5.74) is 1.55. The molecule has 3 aromatic carbocycles. The summed E-state index contributed by atoms with van der Waals surface area (Å²) in [5.74, 6) is 0.647. The molecule has 0 atom stereocenters. The molecule has 4 aromatic rings. The number of piperidine rings is 1. The number of anilines is 3. The van der Waals surface area contributed by atoms with Gasteiger partial charge in [0, 0.05) is 81.1 Å². The van der Waals surface area contributed by atoms with Crippen LogP contribution in [0.25, 0.3) is 10.9 Å². The van der Waals surface area contributed by atoms with Gasteiger partial charge in [-0.25, -0.2) is 4.39 Å². The van der Waals surface area contributed by atoms with Crippen molar-refractivity contribution in [1.82, 2.24) is 14.8 Å². The van der Waals surface area contributed by atoms with Crippen molar-refractivity contribution in [1.29, 1.82) is 0 Å². The maximum Gasteiger partial charge on any atom is 0.305 e. The van der Waals surface area contributed by atoms with E-state index in [2.05, 4.69) is 31.5 Å². The number of aromatic nitrogens is 1. The van der Waals surface area contributed by atoms with Gasteiger partial charge in [-0.1, -0.05) is 0 Å². The second-order valence-corrected chi connectivity index (χ2v) is 15.1. The lowest BCUT2D eigenvalue weighted by Gasteiger charge is -2.43. The van der Waals surface area contributed by atoms with E-state index in [0.717, 1.165) is 74.5 Å². The molecule has 3 amide bonds. The Bertz CT molecular complexity index is 2090. The van der Waals surface area contributed by atoms with Crippen LogP contribution in [0.2, 0.25) is 0 Å². The molecule has 2 saturated heterocycles. The van der Waals surface area contributed by atoms with Gasteiger partial charge in [0.1, 0.15) is 28.5 Å². The summed E-state index contributed by atoms with van der Waals surface area (Å²) in [5, 5.41) is 6.38. The zero-order chi connectivity index (χ0) is 40.6. The number of unbranched alkanes of at least 4 members (excludes halogenated alkanes) is 1. The van der Waals surface area contributed by atoms with Gasteiger partial charge in [-0.2, -0.15) is 0 Å². The molecule has 2 aliphatic heterocycles. The standard InChI is InChI=1S/C44H51FN6O7/c1-3-57-41(53)7-5-4-6-40(52)51-26-24-49(25-27-51)33-17-22-50(23-18-33)37-29-36-35(28-39(37)56-2)38(16-21-46-36)58-34-14-12-32(13-15-34)48-43(55)44(19-20-44)42(54)47-31-10-8-30(45)9-11-31/h8-16,21,28-29,33H,3-7,17-20,22-27H2,1-2H3,(H,47,54)(H,48,55). The van der Waals surface area contributed by atoms with Crippen molar-refractivity contribution in [2.24, 2.45) is 5.41 Å². The van der Waals surface area contributed by atoms with Crippen molar-refractivity contribution < 1.29 is 37.8 Å². The Kier molecular flexibility index (Phi) is 12.7. The molecule has 1 aliphatic carbocycles. The molecule has 2 N–H and O–H groups in total. The summed E-state index contributed by atoms with van der Waals surface area (Å²) < 4.78 is 30.5. The van der Waals surface area contributed by atoms with Gasteiger partial charge >= 0.3 is 5.97 Å². The van der Waals surface area contributed by atoms with Gasteiger partial charge in [0.15, 0.2) is 0 Å². The fourth-order valence-electron chi connectivity index (χ4n) is 7.83. The van der Waals surface area contributed by atoms with Crippen LogP contribution in [0.15, 0.2) is 72.9 Å². The number of hydrogen-bond acceptors (Lipinski definition) is 10. The van der Waals surface area contributed by atoms with Gasteiger partial charge in [-0.15, -0.1) is 0 Å². The lowest BCUT2D eigenvalue weighted by Crippen LogP contribution is -2.54. The van der Waals surface area contributed by atoms with E-state index in [1.165, 1.54) is 24.3 Å². The SMILES string of the molecule is CCOC(=O)CCCCC(=O)N1CCN(C2CCN(c3cc4nccc(Oc5ccc(NC(=O)C6(C(=O)Nc7ccc(F)cc7)CC6)cc5)c4cc3OC)CC2)CC1. The molecule has 1 aromatic heterocycles. The molecule has 3 aliphatic rings. The van der Waals surface area contributed by atoms with Gasteiger partial charge in [0.2, 0.25) is 17.7 Å². The molecule has 0 spiro atoms. The lowest BCUT2D eigenvalue weighted by molar-refractivity contribution is -0.143. The highest BCUT2D eigenvalue weighted by Crippen LogP contribution is 2.47. The van der Waals surface area contributed by atoms with Crippen molar-refractivity contribution in [3.8, 4) is 17.2 Å². The average molecular weight is 795 g/mol. The molecule has 3 fully saturated rings. The maximum absolute atomic E-state index is 13.3. The minimum atomic E-state index is -1.16. The van der Waals surface area contributed by atoms with Crippen molar-refractivity contribution in [2.45, 2.75) is 64.3 Å². The minimum absolute atomic E-state index is 0.166. The van der Waals surface area contributed by atoms with Gasteiger partial charge < -0.3 is 34.6 Å². The largest absolute Gasteiger partial charge is 0.495 e. The number of benzene rings is 3. The van der Waals surface area contributed by atoms with Crippen LogP contribution in [0.1, 0.15) is 58.3 Å². The molecule has 13 nitrogen and oxygen atoms in total. The molecule has 1 saturated carbocycles. The Morgan fingerprint density at radius 3 is 2.07 bits per heavy atom. The summed E-state index contributed by atoms with van der Waals surface area (Å²) >= 11 is 0. The molecular weight excluding hydrogens is 744 g/mol. The quantitative estimate of drug-likeness (QED) is 0.0753. The number of hydrogen-bond donors (Lipinski definition) is 2. The van der Waals surface area contributed by atoms with Gasteiger partial charge in [0.05, 0.1) is 24.9 Å². The maximum atomic E-state index is 13.3. The molecular formula is C44H51FN6O7. The van der Waals surface area contributed by atoms with E-state index >= 15 is 0 Å². The second kappa shape index (κ2) is 18.2. The van der Waals surface area contributed by atoms with Crippen LogP contribution < -0.4 is 25.0 Å². The van der Waals surface area contributed by atoms with Gasteiger partial charge in [0.25, 0.3) is 0 Å². The zero-order valence-electron chi connectivity index (χ0n) is 33.1. The number of ether oxygens (including phenoxy) is 3. The number of methoxy groups -OCH3 is 1. The predicted molar refractivity (Wildman–Crippen MR) is 219 cm³/mol. The highest BCUT2D eigenvalue weighted by molar-refractivity contribution is 6.16. The monoisotopic (exact) mass is 794 g/mol. The third-order valence-corrected chi connectivity index (χ3v) is 11.4. The average Bonchev–Trinajstić information content (AvgIpc) is 4.07. The molecule has 306 valence electrons. The van der Waals surface area contributed by atoms with Crippen LogP contribution in [0.3, 0.4) is 0 Å². The third-order valence-electron chi connectivity index (χ3n) is 11.4. The highest BCUT2D eigenvalue weighted by atomic mass is 19.1. The fourth-order valence-corrected chi connectivity index (χ4v) is 7.83. The summed E-state index contributed by atoms with van der Waals surface area (Å²) in [6.07, 6.45) is 6.77. The number of nitrogens with zero attached hydrogens (tertiary/aromatic N) is 4. The van der Waals surface area contributed by atoms with E-state index in [0.29, 0.717) is 74.0 Å². The Hall–Kier alpha value is -5.76. The van der Waals surface area contributed by atoms with Crippen molar-refractivity contribution in [3.05, 3.63) is 78.7 Å². The minimum Gasteiger partial charge on any atom is -0.495 e. The predicted octanol–water partition coefficient (Wildman–Crippen LogP) is 6.77. The number of halogens is 1. The van der Waals surface area contributed by atoms with Crippen LogP contribution in [0.4, 0.5) is 21.5 Å². The van der Waals surface area contributed by atoms with E-state index in [1.807, 2.05) is 11.0 Å². The number of carbonyl (C=O) groups excluding carboxylic acids is 4. The number of pyridine rings is 1. The van der Waals surface area contributed by atoms with Gasteiger partial charge in [-0.3, -0.25) is 29.1 Å². The highest BCUT2D eigenvalue weighted by Gasteiger charge is 2.56. The number of carbonyl (C=O) groups is 4. The first-order chi connectivity index (χ1) is 28.1. The number of rotatable bonds is 15. The second-order valence-electron chi connectivity index (χ2n) is 15.1. The summed E-state index contributed by atoms with van der Waals surface area (Å²) in [7, 11) is 1.67. The van der Waals surface area contributed by atoms with Crippen molar-refractivity contribution >= 4 is 51.7 Å². The van der Waals surface area contributed by atoms with E-state index in [-0.39, 0.29) is 11.9 Å². The van der Waals surface area contributed by atoms with Crippen molar-refractivity contribution in [2.75, 3.05) is 68.5 Å². The molecule has 0 unspecified atom stereocenters. The normalized spacial score (nSPS) is 16.7. The van der Waals surface area contributed by atoms with Crippen LogP contribution in [0, 0.1) is 11.2 Å². The fraction of sp³-hybridized carbons (Fsp3) is 0.432. The van der Waals surface area contributed by atoms with Crippen LogP contribution in [-0.4, -0.2) is 97.5 Å². The molecule has 7 rings (SSSR count). The molecule has 58 heavy (non-hydrogen) atoms. The lowest BCUT2D eigenvalue weighted by atomic mass is 10.0. The molecule has 3 heterocycles. The first kappa shape index (κ1) is 40.4. The summed E-state index contributed by atoms with van der Waals surface area (Å²) in [6.45, 7) is 7.10. The Morgan fingerprint density at radius 1 is 0.810 bits per heavy atom. The Morgan fingerprint density at radius 2 is 1.45 bits per heavy atom. The molecule has 14 heteroatoms. The number of nitrogens with one attached hydrogen (secondary N) is 2. The number of piperazine rings is 1. The number of fused-ring (bicyclic) bond motifs is 1. The van der Waals surface area contributed by atoms with Crippen LogP contribution >= 0.6 is 0 Å². The summed E-state index contributed by atoms with van der Waals surface area (Å²) in [4.78, 5) is 62.0. The van der Waals surface area contributed by atoms with Crippen LogP contribution in [0.5, 0.6) is 17.2 Å². The van der Waals surface area contributed by atoms with Crippen molar-refractivity contribution in [3.63, 3.8) is 0 Å². The van der Waals surface area contributed by atoms with E-state index in [1.54, 1.807) is 50.6 Å². The molecule has 0 bridgehead atoms. The topological polar surface area (TPSA) is 143 Å².